The lowest BCUT2D eigenvalue weighted by atomic mass is 10.2. The Bertz CT molecular complexity index is 330. The fourth-order valence-corrected chi connectivity index (χ4v) is 1.62. The number of hydrogen-bond acceptors (Lipinski definition) is 3. The van der Waals surface area contributed by atoms with Crippen molar-refractivity contribution in [1.29, 1.82) is 0 Å². The van der Waals surface area contributed by atoms with E-state index in [-0.39, 0.29) is 6.61 Å². The molecule has 0 saturated heterocycles. The third kappa shape index (κ3) is 2.83. The standard InChI is InChI=1S/C11H17ClN2O/c1-4-8(2)14(3)11-10(12)5-9(7-15)6-13-11/h5-6,8,15H,4,7H2,1-3H3. The van der Waals surface area contributed by atoms with Crippen LogP contribution >= 0.6 is 11.6 Å². The second-order valence-corrected chi connectivity index (χ2v) is 4.08. The Hall–Kier alpha value is -0.800. The van der Waals surface area contributed by atoms with E-state index in [9.17, 15) is 0 Å². The fraction of sp³-hybridized carbons (Fsp3) is 0.545. The second-order valence-electron chi connectivity index (χ2n) is 3.68. The number of aliphatic hydroxyl groups is 1. The Labute approximate surface area is 95.7 Å². The number of aliphatic hydroxyl groups excluding tert-OH is 1. The zero-order valence-corrected chi connectivity index (χ0v) is 10.1. The molecule has 0 aliphatic rings. The molecule has 0 aliphatic carbocycles. The van der Waals surface area contributed by atoms with Gasteiger partial charge in [0.25, 0.3) is 0 Å². The summed E-state index contributed by atoms with van der Waals surface area (Å²) in [5.41, 5.74) is 0.737. The molecule has 0 aliphatic heterocycles. The lowest BCUT2D eigenvalue weighted by molar-refractivity contribution is 0.281. The normalized spacial score (nSPS) is 12.6. The van der Waals surface area contributed by atoms with E-state index in [0.29, 0.717) is 11.1 Å². The molecule has 0 spiro atoms. The zero-order valence-electron chi connectivity index (χ0n) is 9.37. The predicted molar refractivity (Wildman–Crippen MR) is 63.3 cm³/mol. The summed E-state index contributed by atoms with van der Waals surface area (Å²) >= 11 is 6.09. The number of rotatable bonds is 4. The van der Waals surface area contributed by atoms with Gasteiger partial charge in [-0.15, -0.1) is 0 Å². The van der Waals surface area contributed by atoms with Crippen LogP contribution in [0.3, 0.4) is 0 Å². The molecule has 0 amide bonds. The average molecular weight is 229 g/mol. The van der Waals surface area contributed by atoms with Crippen LogP contribution in [0.15, 0.2) is 12.3 Å². The van der Waals surface area contributed by atoms with Crippen molar-refractivity contribution in [2.75, 3.05) is 11.9 Å². The Balaban J connectivity index is 2.95. The molecule has 1 unspecified atom stereocenters. The summed E-state index contributed by atoms with van der Waals surface area (Å²) in [6.07, 6.45) is 2.69. The van der Waals surface area contributed by atoms with Gasteiger partial charge in [0, 0.05) is 19.3 Å². The first-order valence-electron chi connectivity index (χ1n) is 5.08. The summed E-state index contributed by atoms with van der Waals surface area (Å²) in [6, 6.07) is 2.15. The van der Waals surface area contributed by atoms with E-state index in [1.807, 2.05) is 11.9 Å². The van der Waals surface area contributed by atoms with E-state index < -0.39 is 0 Å². The van der Waals surface area contributed by atoms with Crippen LogP contribution in [-0.4, -0.2) is 23.2 Å². The van der Waals surface area contributed by atoms with E-state index in [0.717, 1.165) is 17.8 Å². The van der Waals surface area contributed by atoms with Gasteiger partial charge in [0.15, 0.2) is 0 Å². The topological polar surface area (TPSA) is 36.4 Å². The van der Waals surface area contributed by atoms with E-state index in [4.69, 9.17) is 16.7 Å². The second kappa shape index (κ2) is 5.33. The van der Waals surface area contributed by atoms with Crippen molar-refractivity contribution in [3.8, 4) is 0 Å². The summed E-state index contributed by atoms with van der Waals surface area (Å²) in [5.74, 6) is 0.767. The Morgan fingerprint density at radius 1 is 1.60 bits per heavy atom. The number of anilines is 1. The number of hydrogen-bond donors (Lipinski definition) is 1. The predicted octanol–water partition coefficient (Wildman–Crippen LogP) is 2.46. The van der Waals surface area contributed by atoms with Crippen molar-refractivity contribution in [1.82, 2.24) is 4.98 Å². The highest BCUT2D eigenvalue weighted by Crippen LogP contribution is 2.25. The quantitative estimate of drug-likeness (QED) is 0.860. The largest absolute Gasteiger partial charge is 0.392 e. The molecule has 1 rings (SSSR count). The van der Waals surface area contributed by atoms with Crippen LogP contribution in [0.4, 0.5) is 5.82 Å². The molecule has 0 fully saturated rings. The van der Waals surface area contributed by atoms with Crippen LogP contribution in [0.5, 0.6) is 0 Å². The highest BCUT2D eigenvalue weighted by molar-refractivity contribution is 6.33. The number of nitrogens with zero attached hydrogens (tertiary/aromatic N) is 2. The van der Waals surface area contributed by atoms with Gasteiger partial charge in [-0.1, -0.05) is 18.5 Å². The van der Waals surface area contributed by atoms with E-state index in [1.165, 1.54) is 0 Å². The highest BCUT2D eigenvalue weighted by Gasteiger charge is 2.12. The van der Waals surface area contributed by atoms with Gasteiger partial charge in [-0.25, -0.2) is 4.98 Å². The third-order valence-corrected chi connectivity index (χ3v) is 2.93. The Morgan fingerprint density at radius 2 is 2.27 bits per heavy atom. The molecule has 1 atom stereocenters. The highest BCUT2D eigenvalue weighted by atomic mass is 35.5. The minimum absolute atomic E-state index is 0.0277. The maximum atomic E-state index is 8.93. The van der Waals surface area contributed by atoms with Crippen molar-refractivity contribution < 1.29 is 5.11 Å². The molecule has 1 N–H and O–H groups in total. The molecule has 3 nitrogen and oxygen atoms in total. The van der Waals surface area contributed by atoms with Gasteiger partial charge < -0.3 is 10.0 Å². The smallest absolute Gasteiger partial charge is 0.147 e. The first-order valence-corrected chi connectivity index (χ1v) is 5.46. The summed E-state index contributed by atoms with van der Waals surface area (Å²) in [4.78, 5) is 6.30. The van der Waals surface area contributed by atoms with Crippen molar-refractivity contribution in [2.24, 2.45) is 0 Å². The van der Waals surface area contributed by atoms with Gasteiger partial charge in [0.1, 0.15) is 5.82 Å². The van der Waals surface area contributed by atoms with Crippen LogP contribution in [0.1, 0.15) is 25.8 Å². The van der Waals surface area contributed by atoms with Gasteiger partial charge in [-0.3, -0.25) is 0 Å². The SMILES string of the molecule is CCC(C)N(C)c1ncc(CO)cc1Cl. The summed E-state index contributed by atoms with van der Waals surface area (Å²) < 4.78 is 0. The fourth-order valence-electron chi connectivity index (χ4n) is 1.30. The first kappa shape index (κ1) is 12.3. The monoisotopic (exact) mass is 228 g/mol. The molecule has 4 heteroatoms. The Kier molecular flexibility index (Phi) is 4.36. The molecule has 0 saturated carbocycles. The van der Waals surface area contributed by atoms with E-state index >= 15 is 0 Å². The zero-order chi connectivity index (χ0) is 11.4. The molecule has 0 aromatic carbocycles. The van der Waals surface area contributed by atoms with Crippen molar-refractivity contribution in [3.63, 3.8) is 0 Å². The third-order valence-electron chi connectivity index (χ3n) is 2.65. The molecular formula is C11H17ClN2O. The number of aromatic nitrogens is 1. The summed E-state index contributed by atoms with van der Waals surface area (Å²) in [5, 5.41) is 9.52. The number of pyridine rings is 1. The molecule has 0 radical (unpaired) electrons. The van der Waals surface area contributed by atoms with Crippen molar-refractivity contribution in [2.45, 2.75) is 32.9 Å². The van der Waals surface area contributed by atoms with Crippen molar-refractivity contribution in [3.05, 3.63) is 22.8 Å². The Morgan fingerprint density at radius 3 is 2.73 bits per heavy atom. The molecule has 0 bridgehead atoms. The van der Waals surface area contributed by atoms with Gasteiger partial charge in [-0.05, 0) is 25.0 Å². The minimum Gasteiger partial charge on any atom is -0.392 e. The molecule has 1 aromatic rings. The molecular weight excluding hydrogens is 212 g/mol. The molecule has 1 heterocycles. The maximum Gasteiger partial charge on any atom is 0.147 e. The van der Waals surface area contributed by atoms with Crippen LogP contribution in [-0.2, 0) is 6.61 Å². The van der Waals surface area contributed by atoms with E-state index in [1.54, 1.807) is 12.3 Å². The van der Waals surface area contributed by atoms with Gasteiger partial charge in [0.2, 0.25) is 0 Å². The summed E-state index contributed by atoms with van der Waals surface area (Å²) in [7, 11) is 1.97. The minimum atomic E-state index is -0.0277. The lowest BCUT2D eigenvalue weighted by Gasteiger charge is -2.25. The lowest BCUT2D eigenvalue weighted by Crippen LogP contribution is -2.29. The van der Waals surface area contributed by atoms with Crippen LogP contribution in [0.25, 0.3) is 0 Å². The van der Waals surface area contributed by atoms with Crippen molar-refractivity contribution >= 4 is 17.4 Å². The molecule has 15 heavy (non-hydrogen) atoms. The maximum absolute atomic E-state index is 8.93. The van der Waals surface area contributed by atoms with Crippen LogP contribution in [0.2, 0.25) is 5.02 Å². The number of halogens is 1. The van der Waals surface area contributed by atoms with Gasteiger partial charge >= 0.3 is 0 Å². The molecule has 84 valence electrons. The average Bonchev–Trinajstić information content (AvgIpc) is 2.26. The van der Waals surface area contributed by atoms with E-state index in [2.05, 4.69) is 18.8 Å². The van der Waals surface area contributed by atoms with Gasteiger partial charge in [0.05, 0.1) is 11.6 Å². The van der Waals surface area contributed by atoms with Crippen LogP contribution < -0.4 is 4.90 Å². The molecule has 1 aromatic heterocycles. The van der Waals surface area contributed by atoms with Crippen LogP contribution in [0, 0.1) is 0 Å². The summed E-state index contributed by atoms with van der Waals surface area (Å²) in [6.45, 7) is 4.22. The van der Waals surface area contributed by atoms with Gasteiger partial charge in [-0.2, -0.15) is 0 Å². The first-order chi connectivity index (χ1) is 7.10.